The van der Waals surface area contributed by atoms with Gasteiger partial charge in [-0.1, -0.05) is 30.3 Å². The second-order valence-electron chi connectivity index (χ2n) is 8.84. The number of hydrogen-bond donors (Lipinski definition) is 2. The summed E-state index contributed by atoms with van der Waals surface area (Å²) in [6, 6.07) is 14.3. The van der Waals surface area contributed by atoms with E-state index in [9.17, 15) is 18.0 Å². The van der Waals surface area contributed by atoms with Crippen molar-refractivity contribution >= 4 is 23.2 Å². The van der Waals surface area contributed by atoms with Crippen LogP contribution in [0.4, 0.5) is 13.2 Å². The normalized spacial score (nSPS) is 11.9. The highest BCUT2D eigenvalue weighted by Crippen LogP contribution is 2.32. The monoisotopic (exact) mass is 542 g/mol. The maximum Gasteiger partial charge on any atom is 0.416 e. The molecule has 2 aromatic carbocycles. The lowest BCUT2D eigenvalue weighted by molar-refractivity contribution is -0.138. The maximum absolute atomic E-state index is 13.5. The zero-order valence-electron chi connectivity index (χ0n) is 21.1. The molecule has 38 heavy (non-hydrogen) atoms. The number of carbonyl (C=O) groups excluding carboxylic acids is 1. The number of thiocarbonyl (C=S) groups is 1. The van der Waals surface area contributed by atoms with Gasteiger partial charge < -0.3 is 20.1 Å². The largest absolute Gasteiger partial charge is 0.416 e. The topological polar surface area (TPSA) is 86.0 Å². The number of nitriles is 1. The molecule has 0 aliphatic heterocycles. The maximum atomic E-state index is 13.5. The number of halogens is 3. The van der Waals surface area contributed by atoms with Gasteiger partial charge in [0, 0.05) is 44.1 Å². The van der Waals surface area contributed by atoms with E-state index in [-0.39, 0.29) is 31.0 Å². The second-order valence-corrected chi connectivity index (χ2v) is 9.22. The van der Waals surface area contributed by atoms with Gasteiger partial charge in [-0.2, -0.15) is 18.4 Å². The molecule has 0 bridgehead atoms. The fraction of sp³-hybridized carbons (Fsp3) is 0.333. The molecule has 1 heterocycles. The molecule has 1 amide bonds. The van der Waals surface area contributed by atoms with Gasteiger partial charge >= 0.3 is 6.18 Å². The van der Waals surface area contributed by atoms with Gasteiger partial charge in [0.1, 0.15) is 0 Å². The van der Waals surface area contributed by atoms with Crippen molar-refractivity contribution in [3.05, 3.63) is 89.0 Å². The summed E-state index contributed by atoms with van der Waals surface area (Å²) in [4.78, 5) is 18.6. The molecule has 2 N–H and O–H groups in total. The van der Waals surface area contributed by atoms with Gasteiger partial charge in [-0.05, 0) is 55.4 Å². The lowest BCUT2D eigenvalue weighted by atomic mass is 10.1. The van der Waals surface area contributed by atoms with E-state index in [0.717, 1.165) is 11.6 Å². The third kappa shape index (κ3) is 8.05. The summed E-state index contributed by atoms with van der Waals surface area (Å²) in [5.41, 5.74) is 1.63. The quantitative estimate of drug-likeness (QED) is 0.373. The van der Waals surface area contributed by atoms with Gasteiger partial charge in [0.25, 0.3) is 0 Å². The Hall–Kier alpha value is -3.91. The molecule has 0 fully saturated rings. The minimum Gasteiger partial charge on any atom is -0.363 e. The minimum atomic E-state index is -4.48. The number of carbonyl (C=O) groups is 1. The Balaban J connectivity index is 1.64. The summed E-state index contributed by atoms with van der Waals surface area (Å²) in [5.74, 6) is -0.246. The lowest BCUT2D eigenvalue weighted by Gasteiger charge is -2.30. The van der Waals surface area contributed by atoms with Gasteiger partial charge in [-0.25, -0.2) is 4.98 Å². The van der Waals surface area contributed by atoms with Crippen LogP contribution in [-0.4, -0.2) is 44.6 Å². The number of rotatable bonds is 10. The molecule has 0 spiro atoms. The number of alkyl halides is 3. The molecular weight excluding hydrogens is 513 g/mol. The minimum absolute atomic E-state index is 0.0565. The molecule has 11 heteroatoms. The van der Waals surface area contributed by atoms with Gasteiger partial charge in [-0.3, -0.25) is 4.79 Å². The molecule has 0 radical (unpaired) electrons. The second kappa shape index (κ2) is 13.1. The number of hydrogen-bond acceptors (Lipinski definition) is 4. The van der Waals surface area contributed by atoms with E-state index in [4.69, 9.17) is 17.5 Å². The van der Waals surface area contributed by atoms with E-state index in [1.54, 1.807) is 42.5 Å². The summed E-state index contributed by atoms with van der Waals surface area (Å²) in [5, 5.41) is 15.2. The number of aromatic nitrogens is 2. The average Bonchev–Trinajstić information content (AvgIpc) is 3.29. The molecule has 7 nitrogen and oxygen atoms in total. The molecule has 3 aromatic rings. The van der Waals surface area contributed by atoms with E-state index in [1.807, 2.05) is 23.6 Å². The van der Waals surface area contributed by atoms with E-state index >= 15 is 0 Å². The van der Waals surface area contributed by atoms with Gasteiger partial charge in [-0.15, -0.1) is 0 Å². The summed E-state index contributed by atoms with van der Waals surface area (Å²) >= 11 is 5.42. The van der Waals surface area contributed by atoms with Crippen LogP contribution in [0.15, 0.2) is 61.1 Å². The van der Waals surface area contributed by atoms with E-state index in [0.29, 0.717) is 29.5 Å². The third-order valence-corrected chi connectivity index (χ3v) is 6.18. The van der Waals surface area contributed by atoms with Crippen LogP contribution in [-0.2, 0) is 30.5 Å². The van der Waals surface area contributed by atoms with Crippen molar-refractivity contribution in [1.29, 1.82) is 5.26 Å². The molecule has 0 aliphatic carbocycles. The molecular formula is C27H29F3N6OS. The van der Waals surface area contributed by atoms with Crippen molar-refractivity contribution in [1.82, 2.24) is 25.1 Å². The SMILES string of the molecule is CCNC(=S)N(Cc1ccccc1C(F)(F)F)C[C@H](C)NC(=O)Cc1cncn1Cc1ccc(C#N)cc1. The Morgan fingerprint density at radius 3 is 2.58 bits per heavy atom. The highest BCUT2D eigenvalue weighted by molar-refractivity contribution is 7.80. The smallest absolute Gasteiger partial charge is 0.363 e. The van der Waals surface area contributed by atoms with Crippen LogP contribution in [0.3, 0.4) is 0 Å². The van der Waals surface area contributed by atoms with Crippen molar-refractivity contribution in [2.45, 2.75) is 45.6 Å². The fourth-order valence-corrected chi connectivity index (χ4v) is 4.29. The number of imidazole rings is 1. The number of benzene rings is 2. The van der Waals surface area contributed by atoms with Crippen molar-refractivity contribution < 1.29 is 18.0 Å². The highest BCUT2D eigenvalue weighted by atomic mass is 32.1. The van der Waals surface area contributed by atoms with Crippen molar-refractivity contribution in [3.8, 4) is 6.07 Å². The van der Waals surface area contributed by atoms with Crippen LogP contribution < -0.4 is 10.6 Å². The van der Waals surface area contributed by atoms with Crippen LogP contribution in [0.5, 0.6) is 0 Å². The lowest BCUT2D eigenvalue weighted by Crippen LogP contribution is -2.47. The average molecular weight is 543 g/mol. The number of nitrogens with zero attached hydrogens (tertiary/aromatic N) is 4. The predicted octanol–water partition coefficient (Wildman–Crippen LogP) is 4.27. The summed E-state index contributed by atoms with van der Waals surface area (Å²) in [7, 11) is 0. The predicted molar refractivity (Wildman–Crippen MR) is 142 cm³/mol. The summed E-state index contributed by atoms with van der Waals surface area (Å²) < 4.78 is 42.4. The first-order chi connectivity index (χ1) is 18.1. The third-order valence-electron chi connectivity index (χ3n) is 5.78. The van der Waals surface area contributed by atoms with Gasteiger partial charge in [0.15, 0.2) is 5.11 Å². The van der Waals surface area contributed by atoms with Gasteiger partial charge in [0.05, 0.1) is 29.9 Å². The molecule has 1 aromatic heterocycles. The summed E-state index contributed by atoms with van der Waals surface area (Å²) in [6.07, 6.45) is -1.15. The molecule has 0 saturated heterocycles. The van der Waals surface area contributed by atoms with Crippen LogP contribution in [0, 0.1) is 11.3 Å². The first-order valence-corrected chi connectivity index (χ1v) is 12.5. The van der Waals surface area contributed by atoms with E-state index in [1.165, 1.54) is 12.1 Å². The molecule has 200 valence electrons. The Bertz CT molecular complexity index is 1280. The zero-order chi connectivity index (χ0) is 27.7. The Morgan fingerprint density at radius 2 is 1.92 bits per heavy atom. The van der Waals surface area contributed by atoms with Crippen LogP contribution in [0.25, 0.3) is 0 Å². The van der Waals surface area contributed by atoms with Gasteiger partial charge in [0.2, 0.25) is 5.91 Å². The molecule has 3 rings (SSSR count). The fourth-order valence-electron chi connectivity index (χ4n) is 4.01. The van der Waals surface area contributed by atoms with E-state index in [2.05, 4.69) is 21.7 Å². The Labute approximate surface area is 225 Å². The van der Waals surface area contributed by atoms with E-state index < -0.39 is 17.8 Å². The first-order valence-electron chi connectivity index (χ1n) is 12.1. The standard InChI is InChI=1S/C27H29F3N6OS/c1-3-33-26(38)35(17-22-6-4-5-7-24(22)27(28,29)30)15-19(2)34-25(37)12-23-14-32-18-36(23)16-21-10-8-20(13-31)9-11-21/h4-11,14,18-19H,3,12,15-17H2,1-2H3,(H,33,38)(H,34,37)/t19-/m0/s1. The van der Waals surface area contributed by atoms with Crippen LogP contribution >= 0.6 is 12.2 Å². The molecule has 1 atom stereocenters. The number of nitrogens with one attached hydrogen (secondary N) is 2. The molecule has 0 saturated carbocycles. The Kier molecular flexibility index (Phi) is 9.85. The molecule has 0 unspecified atom stereocenters. The highest BCUT2D eigenvalue weighted by Gasteiger charge is 2.33. The zero-order valence-corrected chi connectivity index (χ0v) is 21.9. The van der Waals surface area contributed by atoms with Crippen molar-refractivity contribution in [3.63, 3.8) is 0 Å². The summed E-state index contributed by atoms with van der Waals surface area (Å²) in [6.45, 7) is 4.80. The molecule has 0 aliphatic rings. The van der Waals surface area contributed by atoms with Crippen LogP contribution in [0.1, 0.15) is 41.8 Å². The first kappa shape index (κ1) is 28.7. The van der Waals surface area contributed by atoms with Crippen molar-refractivity contribution in [2.24, 2.45) is 0 Å². The number of amides is 1. The van der Waals surface area contributed by atoms with Crippen LogP contribution in [0.2, 0.25) is 0 Å². The van der Waals surface area contributed by atoms with Crippen molar-refractivity contribution in [2.75, 3.05) is 13.1 Å². The Morgan fingerprint density at radius 1 is 1.21 bits per heavy atom.